The van der Waals surface area contributed by atoms with E-state index in [0.29, 0.717) is 6.42 Å². The first-order valence-electron chi connectivity index (χ1n) is 15.5. The van der Waals surface area contributed by atoms with Gasteiger partial charge < -0.3 is 21.3 Å². The van der Waals surface area contributed by atoms with Crippen molar-refractivity contribution in [2.75, 3.05) is 52.1 Å². The van der Waals surface area contributed by atoms with E-state index in [0.717, 1.165) is 60.0 Å². The molecule has 1 aromatic carbocycles. The van der Waals surface area contributed by atoms with Gasteiger partial charge in [-0.2, -0.15) is 4.31 Å². The number of aromatic nitrogens is 2. The van der Waals surface area contributed by atoms with Gasteiger partial charge in [-0.05, 0) is 24.1 Å². The maximum absolute atomic E-state index is 13.5. The molecule has 2 amide bonds. The molecule has 0 saturated carbocycles. The first-order chi connectivity index (χ1) is 22.1. The van der Waals surface area contributed by atoms with Crippen molar-refractivity contribution >= 4 is 33.2 Å². The van der Waals surface area contributed by atoms with Crippen LogP contribution in [0.3, 0.4) is 0 Å². The molecule has 4 N–H and O–H groups in total. The number of pyridine rings is 1. The van der Waals surface area contributed by atoms with Gasteiger partial charge >= 0.3 is 0 Å². The number of nitrogens with zero attached hydrogens (tertiary/aromatic N) is 4. The lowest BCUT2D eigenvalue weighted by Gasteiger charge is -2.27. The van der Waals surface area contributed by atoms with Crippen molar-refractivity contribution in [2.24, 2.45) is 0 Å². The molecule has 246 valence electrons. The fraction of sp³-hybridized carbons (Fsp3) is 0.484. The molecule has 3 saturated heterocycles. The number of hydrogen-bond donors (Lipinski definition) is 4. The number of halogens is 1. The van der Waals surface area contributed by atoms with Gasteiger partial charge in [0.1, 0.15) is 16.9 Å². The van der Waals surface area contributed by atoms with E-state index in [1.807, 2.05) is 6.07 Å². The molecule has 15 heteroatoms. The van der Waals surface area contributed by atoms with Crippen molar-refractivity contribution in [2.45, 2.75) is 43.7 Å². The summed E-state index contributed by atoms with van der Waals surface area (Å²) in [5, 5.41) is 12.7. The molecule has 12 nitrogen and oxygen atoms in total. The van der Waals surface area contributed by atoms with Gasteiger partial charge in [-0.3, -0.25) is 19.5 Å². The number of piperazine rings is 1. The van der Waals surface area contributed by atoms with Gasteiger partial charge in [-0.25, -0.2) is 17.8 Å². The minimum atomic E-state index is -3.59. The summed E-state index contributed by atoms with van der Waals surface area (Å²) >= 11 is 1.55. The second-order valence-electron chi connectivity index (χ2n) is 12.1. The van der Waals surface area contributed by atoms with Crippen molar-refractivity contribution in [1.29, 1.82) is 0 Å². The number of nitrogens with one attached hydrogen (secondary N) is 4. The van der Waals surface area contributed by atoms with E-state index in [9.17, 15) is 22.4 Å². The molecule has 2 aromatic heterocycles. The van der Waals surface area contributed by atoms with Crippen LogP contribution in [0.5, 0.6) is 0 Å². The van der Waals surface area contributed by atoms with Crippen molar-refractivity contribution in [3.63, 3.8) is 0 Å². The van der Waals surface area contributed by atoms with Crippen molar-refractivity contribution in [1.82, 2.24) is 40.4 Å². The first kappa shape index (κ1) is 32.6. The number of hydrogen-bond acceptors (Lipinski definition) is 10. The summed E-state index contributed by atoms with van der Waals surface area (Å²) in [5.41, 5.74) is 3.36. The normalized spacial score (nSPS) is 24.2. The molecule has 6 rings (SSSR count). The third-order valence-electron chi connectivity index (χ3n) is 8.63. The number of sulfonamides is 1. The molecular weight excluding hydrogens is 632 g/mol. The fourth-order valence-electron chi connectivity index (χ4n) is 6.17. The Morgan fingerprint density at radius 3 is 2.48 bits per heavy atom. The van der Waals surface area contributed by atoms with Crippen LogP contribution in [0.2, 0.25) is 0 Å². The Morgan fingerprint density at radius 1 is 1.04 bits per heavy atom. The van der Waals surface area contributed by atoms with Crippen LogP contribution in [-0.4, -0.2) is 116 Å². The molecule has 0 bridgehead atoms. The molecule has 3 aliphatic heterocycles. The zero-order chi connectivity index (χ0) is 32.3. The largest absolute Gasteiger partial charge is 0.351 e. The van der Waals surface area contributed by atoms with E-state index >= 15 is 0 Å². The summed E-state index contributed by atoms with van der Waals surface area (Å²) in [5.74, 6) is -0.776. The molecule has 46 heavy (non-hydrogen) atoms. The fourth-order valence-corrected chi connectivity index (χ4v) is 8.24. The zero-order valence-corrected chi connectivity index (χ0v) is 27.2. The van der Waals surface area contributed by atoms with Gasteiger partial charge in [-0.1, -0.05) is 24.3 Å². The van der Waals surface area contributed by atoms with Crippen LogP contribution < -0.4 is 21.3 Å². The Kier molecular flexibility index (Phi) is 10.1. The summed E-state index contributed by atoms with van der Waals surface area (Å²) in [6.45, 7) is 5.36. The molecule has 3 aliphatic rings. The highest BCUT2D eigenvalue weighted by Crippen LogP contribution is 2.32. The second kappa shape index (κ2) is 14.2. The zero-order valence-electron chi connectivity index (χ0n) is 25.6. The van der Waals surface area contributed by atoms with Gasteiger partial charge in [0, 0.05) is 94.4 Å². The molecule has 3 aromatic rings. The third kappa shape index (κ3) is 7.96. The molecule has 0 aliphatic carbocycles. The molecule has 5 heterocycles. The predicted octanol–water partition coefficient (Wildman–Crippen LogP) is 1.23. The van der Waals surface area contributed by atoms with Gasteiger partial charge in [0.25, 0.3) is 5.91 Å². The minimum absolute atomic E-state index is 0.0577. The quantitative estimate of drug-likeness (QED) is 0.250. The average molecular weight is 671 g/mol. The van der Waals surface area contributed by atoms with Gasteiger partial charge in [-0.15, -0.1) is 11.3 Å². The van der Waals surface area contributed by atoms with E-state index in [1.165, 1.54) is 9.87 Å². The maximum atomic E-state index is 13.5. The van der Waals surface area contributed by atoms with Crippen LogP contribution in [0.1, 0.15) is 28.9 Å². The number of carbonyl (C=O) groups is 2. The van der Waals surface area contributed by atoms with Crippen LogP contribution in [0.4, 0.5) is 4.39 Å². The second-order valence-corrected chi connectivity index (χ2v) is 15.1. The van der Waals surface area contributed by atoms with Crippen LogP contribution in [-0.2, 0) is 21.4 Å². The van der Waals surface area contributed by atoms with E-state index in [4.69, 9.17) is 0 Å². The minimum Gasteiger partial charge on any atom is -0.351 e. The highest BCUT2D eigenvalue weighted by molar-refractivity contribution is 7.88. The lowest BCUT2D eigenvalue weighted by atomic mass is 10.1. The topological polar surface area (TPSA) is 149 Å². The van der Waals surface area contributed by atoms with Crippen LogP contribution in [0, 0.1) is 0 Å². The maximum Gasteiger partial charge on any atom is 0.269 e. The smallest absolute Gasteiger partial charge is 0.269 e. The average Bonchev–Trinajstić information content (AvgIpc) is 3.81. The van der Waals surface area contributed by atoms with E-state index < -0.39 is 40.2 Å². The summed E-state index contributed by atoms with van der Waals surface area (Å²) in [6, 6.07) is 10.3. The Balaban J connectivity index is 1.03. The predicted molar refractivity (Wildman–Crippen MR) is 174 cm³/mol. The number of rotatable bonds is 10. The monoisotopic (exact) mass is 670 g/mol. The van der Waals surface area contributed by atoms with Crippen molar-refractivity contribution < 1.29 is 22.4 Å². The van der Waals surface area contributed by atoms with Gasteiger partial charge in [0.05, 0.1) is 17.2 Å². The van der Waals surface area contributed by atoms with E-state index in [1.54, 1.807) is 29.8 Å². The van der Waals surface area contributed by atoms with E-state index in [-0.39, 0.29) is 37.7 Å². The number of alkyl halides is 1. The molecule has 3 fully saturated rings. The lowest BCUT2D eigenvalue weighted by molar-refractivity contribution is -0.123. The van der Waals surface area contributed by atoms with Crippen LogP contribution in [0.25, 0.3) is 21.0 Å². The SMILES string of the molecule is CS(=O)(=O)N1C[C@H](NC(=O)[C@@H]2C[C@H](F)CN2)C[C@@H]1CNC(=O)c1ccc(-c2cnc(-c3ccc(CN4CCNCC4)cc3)s2)cn1. The lowest BCUT2D eigenvalue weighted by Crippen LogP contribution is -2.46. The summed E-state index contributed by atoms with van der Waals surface area (Å²) in [4.78, 5) is 37.8. The number of thiazole rings is 1. The molecule has 4 atom stereocenters. The Hall–Kier alpha value is -3.34. The first-order valence-corrected chi connectivity index (χ1v) is 18.2. The number of benzene rings is 1. The number of amides is 2. The molecule has 0 spiro atoms. The molecule has 0 unspecified atom stereocenters. The Morgan fingerprint density at radius 2 is 1.80 bits per heavy atom. The van der Waals surface area contributed by atoms with Crippen LogP contribution >= 0.6 is 11.3 Å². The Bertz CT molecular complexity index is 1630. The van der Waals surface area contributed by atoms with Crippen molar-refractivity contribution in [3.8, 4) is 21.0 Å². The van der Waals surface area contributed by atoms with Gasteiger partial charge in [0.2, 0.25) is 15.9 Å². The summed E-state index contributed by atoms with van der Waals surface area (Å²) < 4.78 is 39.7. The summed E-state index contributed by atoms with van der Waals surface area (Å²) in [6.07, 6.45) is 3.88. The van der Waals surface area contributed by atoms with Crippen LogP contribution in [0.15, 0.2) is 48.8 Å². The molecule has 0 radical (unpaired) electrons. The Labute approximate surface area is 272 Å². The van der Waals surface area contributed by atoms with Gasteiger partial charge in [0.15, 0.2) is 0 Å². The highest BCUT2D eigenvalue weighted by Gasteiger charge is 2.39. The standard InChI is InChI=1S/C31H39FN8O4S2/c1-46(43,44)40-19-24(38-30(42)27-12-23(32)15-35-27)13-25(40)16-36-29(41)26-7-6-22(14-34-26)28-17-37-31(45-28)21-4-2-20(3-5-21)18-39-10-8-33-9-11-39/h2-7,14,17,23-25,27,33,35H,8-13,15-16,18-19H2,1H3,(H,36,41)(H,38,42)/t23-,24+,25+,27-/m0/s1. The molecular formula is C31H39FN8O4S2. The number of carbonyl (C=O) groups excluding carboxylic acids is 2. The summed E-state index contributed by atoms with van der Waals surface area (Å²) in [7, 11) is -3.59. The van der Waals surface area contributed by atoms with Crippen molar-refractivity contribution in [3.05, 3.63) is 60.0 Å². The van der Waals surface area contributed by atoms with E-state index in [2.05, 4.69) is 60.4 Å². The third-order valence-corrected chi connectivity index (χ3v) is 11.0. The highest BCUT2D eigenvalue weighted by atomic mass is 32.2.